The number of ether oxygens (including phenoxy) is 2. The minimum absolute atomic E-state index is 0.00709. The number of rotatable bonds is 7. The Balaban J connectivity index is 1.05. The van der Waals surface area contributed by atoms with Gasteiger partial charge in [0.25, 0.3) is 5.56 Å². The van der Waals surface area contributed by atoms with Gasteiger partial charge < -0.3 is 9.47 Å². The molecule has 306 valence electrons. The average molecular weight is 841 g/mol. The van der Waals surface area contributed by atoms with Crippen LogP contribution in [0.4, 0.5) is 18.0 Å². The van der Waals surface area contributed by atoms with Crippen LogP contribution in [0.3, 0.4) is 0 Å². The molecule has 0 saturated carbocycles. The molecule has 18 heteroatoms. The summed E-state index contributed by atoms with van der Waals surface area (Å²) in [6.07, 6.45) is -4.71. The first-order chi connectivity index (χ1) is 28.3. The van der Waals surface area contributed by atoms with Crippen LogP contribution in [0.15, 0.2) is 83.8 Å². The second kappa shape index (κ2) is 14.5. The molecule has 0 N–H and O–H groups in total. The van der Waals surface area contributed by atoms with Gasteiger partial charge in [-0.25, -0.2) is 14.3 Å². The number of hydrogen-bond donors (Lipinski definition) is 0. The summed E-state index contributed by atoms with van der Waals surface area (Å²) in [7, 11) is 0. The molecule has 8 rings (SSSR count). The van der Waals surface area contributed by atoms with Crippen molar-refractivity contribution in [1.82, 2.24) is 29.3 Å². The zero-order chi connectivity index (χ0) is 43.0. The lowest BCUT2D eigenvalue weighted by molar-refractivity contribution is -0.147. The van der Waals surface area contributed by atoms with Gasteiger partial charge in [-0.1, -0.05) is 60.1 Å². The lowest BCUT2D eigenvalue weighted by Crippen LogP contribution is -2.32. The third-order valence-electron chi connectivity index (χ3n) is 10.2. The van der Waals surface area contributed by atoms with E-state index in [1.807, 2.05) is 0 Å². The summed E-state index contributed by atoms with van der Waals surface area (Å²) >= 11 is 6.26. The fourth-order valence-corrected chi connectivity index (χ4v) is 7.79. The molecule has 4 heterocycles. The lowest BCUT2D eigenvalue weighted by atomic mass is 9.96. The van der Waals surface area contributed by atoms with Crippen LogP contribution in [0.2, 0.25) is 5.02 Å². The molecule has 0 unspecified atom stereocenters. The van der Waals surface area contributed by atoms with Gasteiger partial charge in [0.05, 0.1) is 23.1 Å². The van der Waals surface area contributed by atoms with E-state index in [-0.39, 0.29) is 56.0 Å². The molecule has 14 nitrogen and oxygen atoms in total. The van der Waals surface area contributed by atoms with Gasteiger partial charge in [0.1, 0.15) is 17.6 Å². The summed E-state index contributed by atoms with van der Waals surface area (Å²) in [4.78, 5) is 81.2. The molecule has 0 amide bonds. The molecule has 1 aliphatic carbocycles. The number of esters is 1. The second-order valence-corrected chi connectivity index (χ2v) is 16.0. The maximum atomic E-state index is 13.7. The van der Waals surface area contributed by atoms with Crippen molar-refractivity contribution in [1.29, 1.82) is 0 Å². The van der Waals surface area contributed by atoms with Crippen molar-refractivity contribution in [3.8, 4) is 16.8 Å². The summed E-state index contributed by atoms with van der Waals surface area (Å²) in [5, 5.41) is 11.7. The first-order valence-corrected chi connectivity index (χ1v) is 18.9. The van der Waals surface area contributed by atoms with Crippen LogP contribution < -0.4 is 5.56 Å². The predicted molar refractivity (Wildman–Crippen MR) is 207 cm³/mol. The Morgan fingerprint density at radius 2 is 1.60 bits per heavy atom. The van der Waals surface area contributed by atoms with Gasteiger partial charge in [0, 0.05) is 44.4 Å². The molecular formula is C42H32ClF3N6O8. The Bertz CT molecular complexity index is 2860. The van der Waals surface area contributed by atoms with Gasteiger partial charge in [-0.15, -0.1) is 5.10 Å². The minimum atomic E-state index is -4.74. The van der Waals surface area contributed by atoms with E-state index in [4.69, 9.17) is 21.1 Å². The highest BCUT2D eigenvalue weighted by Gasteiger charge is 2.43. The van der Waals surface area contributed by atoms with Gasteiger partial charge in [0.15, 0.2) is 29.7 Å². The van der Waals surface area contributed by atoms with Gasteiger partial charge >= 0.3 is 18.2 Å². The molecule has 6 aromatic rings. The lowest BCUT2D eigenvalue weighted by Gasteiger charge is -2.19. The molecular weight excluding hydrogens is 809 g/mol. The van der Waals surface area contributed by atoms with Crippen LogP contribution in [0, 0.1) is 5.92 Å². The molecule has 0 fully saturated rings. The van der Waals surface area contributed by atoms with Gasteiger partial charge in [-0.3, -0.25) is 23.7 Å². The van der Waals surface area contributed by atoms with Crippen molar-refractivity contribution < 1.29 is 46.6 Å². The highest BCUT2D eigenvalue weighted by Crippen LogP contribution is 2.39. The van der Waals surface area contributed by atoms with Crippen LogP contribution in [0.1, 0.15) is 87.8 Å². The summed E-state index contributed by atoms with van der Waals surface area (Å²) in [5.74, 6) is -4.31. The number of nitrogens with zero attached hydrogens (tertiary/aromatic N) is 6. The summed E-state index contributed by atoms with van der Waals surface area (Å²) in [6, 6.07) is 16.6. The van der Waals surface area contributed by atoms with Crippen molar-refractivity contribution in [2.75, 3.05) is 6.61 Å². The van der Waals surface area contributed by atoms with Crippen molar-refractivity contribution >= 4 is 51.9 Å². The van der Waals surface area contributed by atoms with Gasteiger partial charge in [-0.05, 0) is 69.0 Å². The quantitative estimate of drug-likeness (QED) is 0.0902. The number of Topliss-reactive ketones (excluding diaryl/α,β-unsaturated/α-hetero) is 3. The van der Waals surface area contributed by atoms with Crippen molar-refractivity contribution in [3.63, 3.8) is 0 Å². The number of benzene rings is 3. The van der Waals surface area contributed by atoms with Crippen molar-refractivity contribution in [2.24, 2.45) is 5.92 Å². The summed E-state index contributed by atoms with van der Waals surface area (Å²) < 4.78 is 54.0. The number of aromatic nitrogens is 6. The Morgan fingerprint density at radius 3 is 2.25 bits per heavy atom. The standard InChI is InChI=1S/C42H32ClF3N6O8/c1-20-13-24-14-22(28-17-23(43)10-12-29(28)50-18-32(47-49-50)42(44,45)46)16-33(54)51(24)36(20)39(57)59-19-31(53)21-9-11-27-30(15-21)52(40(58)60-41(2,3)4)48-35(27)34-37(55)25-7-5-6-8-26(25)38(34)56/h5-12,14-18,20,34,36H,13,19H2,1-4H3/t20-,36-/m0/s1. The van der Waals surface area contributed by atoms with E-state index < -0.39 is 76.9 Å². The largest absolute Gasteiger partial charge is 0.456 e. The maximum Gasteiger partial charge on any atom is 0.436 e. The number of fused-ring (bicyclic) bond motifs is 3. The summed E-state index contributed by atoms with van der Waals surface area (Å²) in [5.41, 5.74) is -1.04. The molecule has 0 radical (unpaired) electrons. The van der Waals surface area contributed by atoms with Crippen LogP contribution in [-0.4, -0.2) is 71.0 Å². The zero-order valence-electron chi connectivity index (χ0n) is 32.1. The molecule has 0 spiro atoms. The third kappa shape index (κ3) is 7.07. The Labute approximate surface area is 342 Å². The molecule has 3 aromatic heterocycles. The highest BCUT2D eigenvalue weighted by atomic mass is 35.5. The molecule has 2 atom stereocenters. The average Bonchev–Trinajstić information content (AvgIpc) is 3.96. The molecule has 0 bridgehead atoms. The van der Waals surface area contributed by atoms with E-state index in [0.717, 1.165) is 9.36 Å². The van der Waals surface area contributed by atoms with E-state index in [1.165, 1.54) is 59.2 Å². The Hall–Kier alpha value is -6.75. The van der Waals surface area contributed by atoms with Gasteiger partial charge in [-0.2, -0.15) is 23.0 Å². The predicted octanol–water partition coefficient (Wildman–Crippen LogP) is 7.22. The maximum absolute atomic E-state index is 13.7. The molecule has 0 saturated heterocycles. The van der Waals surface area contributed by atoms with Crippen LogP contribution in [0.25, 0.3) is 27.7 Å². The minimum Gasteiger partial charge on any atom is -0.456 e. The first kappa shape index (κ1) is 40.0. The number of pyridine rings is 1. The van der Waals surface area contributed by atoms with Crippen molar-refractivity contribution in [3.05, 3.63) is 128 Å². The topological polar surface area (TPSA) is 174 Å². The smallest absolute Gasteiger partial charge is 0.436 e. The summed E-state index contributed by atoms with van der Waals surface area (Å²) in [6.45, 7) is 5.91. The highest BCUT2D eigenvalue weighted by molar-refractivity contribution is 6.31. The number of alkyl halides is 3. The number of ketones is 3. The van der Waals surface area contributed by atoms with E-state index in [9.17, 15) is 41.9 Å². The Morgan fingerprint density at radius 1 is 0.900 bits per heavy atom. The normalized spacial score (nSPS) is 16.6. The SMILES string of the molecule is C[C@H]1Cc2cc(-c3cc(Cl)ccc3-n3cc(C(F)(F)F)nn3)cc(=O)n2[C@@H]1C(=O)OCC(=O)c1ccc2c(C3C(=O)c4ccccc4C3=O)nn(C(=O)OC(C)(C)C)c2c1. The van der Waals surface area contributed by atoms with Crippen molar-refractivity contribution in [2.45, 2.75) is 57.9 Å². The van der Waals surface area contributed by atoms with E-state index in [1.54, 1.807) is 45.9 Å². The number of halogens is 4. The monoisotopic (exact) mass is 840 g/mol. The first-order valence-electron chi connectivity index (χ1n) is 18.5. The fourth-order valence-electron chi connectivity index (χ4n) is 7.61. The second-order valence-electron chi connectivity index (χ2n) is 15.5. The van der Waals surface area contributed by atoms with Crippen LogP contribution >= 0.6 is 11.6 Å². The van der Waals surface area contributed by atoms with Gasteiger partial charge in [0.2, 0.25) is 0 Å². The number of carbonyl (C=O) groups is 5. The van der Waals surface area contributed by atoms with E-state index in [2.05, 4.69) is 15.4 Å². The van der Waals surface area contributed by atoms with E-state index in [0.29, 0.717) is 17.5 Å². The molecule has 60 heavy (non-hydrogen) atoms. The fraction of sp³-hybridized carbons (Fsp3) is 0.262. The Kier molecular flexibility index (Phi) is 9.69. The molecule has 1 aliphatic heterocycles. The molecule has 3 aromatic carbocycles. The third-order valence-corrected chi connectivity index (χ3v) is 10.5. The number of hydrogen-bond acceptors (Lipinski definition) is 11. The number of carbonyl (C=O) groups excluding carboxylic acids is 5. The zero-order valence-corrected chi connectivity index (χ0v) is 32.9. The molecule has 2 aliphatic rings. The van der Waals surface area contributed by atoms with Crippen LogP contribution in [0.5, 0.6) is 0 Å². The van der Waals surface area contributed by atoms with Crippen LogP contribution in [-0.2, 0) is 26.9 Å². The van der Waals surface area contributed by atoms with E-state index >= 15 is 0 Å².